The van der Waals surface area contributed by atoms with Gasteiger partial charge in [0.05, 0.1) is 27.7 Å². The van der Waals surface area contributed by atoms with Gasteiger partial charge in [-0.3, -0.25) is 24.0 Å². The minimum atomic E-state index is -1.36. The molecule has 11 heteroatoms. The number of hydrogen-bond acceptors (Lipinski definition) is 9. The minimum absolute atomic E-state index is 0.0676. The lowest BCUT2D eigenvalue weighted by Gasteiger charge is -2.19. The molecule has 2 aliphatic carbocycles. The number of amides is 2. The van der Waals surface area contributed by atoms with Crippen molar-refractivity contribution in [3.8, 4) is 11.6 Å². The molecule has 3 aliphatic rings. The largest absolute Gasteiger partial charge is 0.439 e. The summed E-state index contributed by atoms with van der Waals surface area (Å²) >= 11 is 1.61. The van der Waals surface area contributed by atoms with Gasteiger partial charge in [-0.1, -0.05) is 44.2 Å². The number of thioether (sulfide) groups is 1. The highest BCUT2D eigenvalue weighted by Gasteiger charge is 2.43. The van der Waals surface area contributed by atoms with E-state index in [0.29, 0.717) is 34.0 Å². The number of aromatic amines is 1. The van der Waals surface area contributed by atoms with Crippen LogP contribution < -0.4 is 15.2 Å². The van der Waals surface area contributed by atoms with E-state index in [4.69, 9.17) is 4.74 Å². The number of anilines is 1. The minimum Gasteiger partial charge on any atom is -0.439 e. The predicted octanol–water partition coefficient (Wildman–Crippen LogP) is 8.32. The fraction of sp³-hybridized carbons (Fsp3) is 0.140. The standard InChI is InChI=1S/C43H30N4O6S/c1-22(2)21-54-35-19-24(23-7-3-4-8-23)10-13-34(35)47-42(51)30-17-25-15-28-29(16-26(25)18-31(30)43(47)52)39(49)37(38(28)48)40-45-33-12-11-27(20-32(33)41(50)46-40)53-36-9-5-6-14-44-36/h3,5-20,22,37H,4,21H2,1-2H3,(H,45,46,50). The number of Topliss-reactive ketones (excluding diaryl/α,β-unsaturated/α-hetero) is 2. The van der Waals surface area contributed by atoms with Crippen LogP contribution in [-0.4, -0.2) is 44.1 Å². The number of carbonyl (C=O) groups is 4. The van der Waals surface area contributed by atoms with Gasteiger partial charge in [-0.15, -0.1) is 11.8 Å². The fourth-order valence-corrected chi connectivity index (χ4v) is 8.16. The molecule has 54 heavy (non-hydrogen) atoms. The molecule has 0 unspecified atom stereocenters. The second-order valence-electron chi connectivity index (χ2n) is 13.8. The monoisotopic (exact) mass is 730 g/mol. The van der Waals surface area contributed by atoms with Crippen molar-refractivity contribution in [2.24, 2.45) is 5.92 Å². The van der Waals surface area contributed by atoms with E-state index in [1.54, 1.807) is 72.6 Å². The molecule has 10 nitrogen and oxygen atoms in total. The summed E-state index contributed by atoms with van der Waals surface area (Å²) in [6.07, 6.45) is 8.76. The summed E-state index contributed by atoms with van der Waals surface area (Å²) in [5.74, 6) is -1.45. The summed E-state index contributed by atoms with van der Waals surface area (Å²) in [5, 5.41) is 1.28. The van der Waals surface area contributed by atoms with Crippen LogP contribution in [0.4, 0.5) is 5.69 Å². The zero-order chi connectivity index (χ0) is 37.2. The summed E-state index contributed by atoms with van der Waals surface area (Å²) in [4.78, 5) is 82.4. The van der Waals surface area contributed by atoms with Gasteiger partial charge < -0.3 is 9.72 Å². The first kappa shape index (κ1) is 33.4. The van der Waals surface area contributed by atoms with Gasteiger partial charge in [-0.2, -0.15) is 0 Å². The molecule has 264 valence electrons. The van der Waals surface area contributed by atoms with Crippen LogP contribution in [0.15, 0.2) is 113 Å². The summed E-state index contributed by atoms with van der Waals surface area (Å²) in [6.45, 7) is 4.24. The smallest absolute Gasteiger partial charge is 0.266 e. The van der Waals surface area contributed by atoms with Gasteiger partial charge in [-0.05, 0) is 94.9 Å². The first-order chi connectivity index (χ1) is 26.1. The molecular weight excluding hydrogens is 701 g/mol. The number of hydrogen-bond donors (Lipinski definition) is 1. The first-order valence-electron chi connectivity index (χ1n) is 17.5. The summed E-state index contributed by atoms with van der Waals surface area (Å²) in [7, 11) is 0. The van der Waals surface area contributed by atoms with E-state index in [2.05, 4.69) is 47.0 Å². The molecule has 0 saturated carbocycles. The first-order valence-corrected chi connectivity index (χ1v) is 18.5. The molecule has 1 aliphatic heterocycles. The van der Waals surface area contributed by atoms with Crippen molar-refractivity contribution in [1.29, 1.82) is 0 Å². The molecule has 3 heterocycles. The van der Waals surface area contributed by atoms with Crippen LogP contribution >= 0.6 is 11.8 Å². The number of ketones is 2. The molecule has 0 bridgehead atoms. The Bertz CT molecular complexity index is 2690. The van der Waals surface area contributed by atoms with Crippen LogP contribution in [0.2, 0.25) is 0 Å². The van der Waals surface area contributed by atoms with Gasteiger partial charge in [0.25, 0.3) is 17.4 Å². The number of carbonyl (C=O) groups excluding carboxylic acids is 4. The van der Waals surface area contributed by atoms with Gasteiger partial charge >= 0.3 is 0 Å². The molecule has 6 aromatic rings. The van der Waals surface area contributed by atoms with Crippen LogP contribution in [0, 0.1) is 5.92 Å². The van der Waals surface area contributed by atoms with Crippen molar-refractivity contribution < 1.29 is 23.9 Å². The zero-order valence-corrected chi connectivity index (χ0v) is 29.9. The predicted molar refractivity (Wildman–Crippen MR) is 207 cm³/mol. The molecule has 0 fully saturated rings. The average molecular weight is 731 g/mol. The van der Waals surface area contributed by atoms with Gasteiger partial charge in [0.15, 0.2) is 11.6 Å². The number of allylic oxidation sites excluding steroid dienone is 4. The number of rotatable bonds is 8. The topological polar surface area (TPSA) is 139 Å². The van der Waals surface area contributed by atoms with E-state index >= 15 is 0 Å². The number of H-pyrrole nitrogens is 1. The molecule has 9 rings (SSSR count). The number of benzene rings is 4. The third-order valence-electron chi connectivity index (χ3n) is 9.74. The van der Waals surface area contributed by atoms with Crippen molar-refractivity contribution in [3.05, 3.63) is 147 Å². The molecule has 2 amide bonds. The van der Waals surface area contributed by atoms with Crippen LogP contribution in [0.5, 0.6) is 11.6 Å². The van der Waals surface area contributed by atoms with E-state index in [9.17, 15) is 24.0 Å². The number of nitrogens with zero attached hydrogens (tertiary/aromatic N) is 3. The van der Waals surface area contributed by atoms with Gasteiger partial charge in [0.2, 0.25) is 5.88 Å². The summed E-state index contributed by atoms with van der Waals surface area (Å²) < 4.78 is 5.75. The van der Waals surface area contributed by atoms with E-state index in [0.717, 1.165) is 28.2 Å². The molecule has 0 saturated heterocycles. The highest BCUT2D eigenvalue weighted by molar-refractivity contribution is 7.99. The molecule has 0 radical (unpaired) electrons. The molecule has 0 atom stereocenters. The Morgan fingerprint density at radius 2 is 1.57 bits per heavy atom. The number of imide groups is 1. The highest BCUT2D eigenvalue weighted by Crippen LogP contribution is 2.41. The Kier molecular flexibility index (Phi) is 7.97. The SMILES string of the molecule is CC(C)CSc1cc(C2=CCC=C2)ccc1N1C(=O)c2cc3cc4c(cc3cc2C1=O)C(=O)C(c1nc2ccc(Oc3ccccn3)cc2c(=O)[nH]1)C4=O. The fourth-order valence-electron chi connectivity index (χ4n) is 7.13. The van der Waals surface area contributed by atoms with Gasteiger partial charge in [0, 0.05) is 34.0 Å². The second kappa shape index (κ2) is 12.9. The lowest BCUT2D eigenvalue weighted by atomic mass is 9.98. The molecule has 0 spiro atoms. The molecule has 4 aromatic carbocycles. The number of pyridine rings is 1. The molecule has 1 N–H and O–H groups in total. The van der Waals surface area contributed by atoms with Gasteiger partial charge in [-0.25, -0.2) is 14.9 Å². The third kappa shape index (κ3) is 5.55. The number of fused-ring (bicyclic) bond motifs is 4. The third-order valence-corrected chi connectivity index (χ3v) is 11.2. The number of ether oxygens (including phenoxy) is 1. The Labute approximate surface area is 312 Å². The maximum atomic E-state index is 14.0. The number of nitrogens with one attached hydrogen (secondary N) is 1. The van der Waals surface area contributed by atoms with E-state index in [1.807, 2.05) is 18.2 Å². The lowest BCUT2D eigenvalue weighted by molar-refractivity contribution is 0.0880. The van der Waals surface area contributed by atoms with Crippen molar-refractivity contribution in [3.63, 3.8) is 0 Å². The maximum absolute atomic E-state index is 14.0. The quantitative estimate of drug-likeness (QED) is 0.0930. The van der Waals surface area contributed by atoms with Crippen molar-refractivity contribution in [1.82, 2.24) is 15.0 Å². The Morgan fingerprint density at radius 3 is 2.22 bits per heavy atom. The highest BCUT2D eigenvalue weighted by atomic mass is 32.2. The van der Waals surface area contributed by atoms with E-state index in [-0.39, 0.29) is 39.0 Å². The Balaban J connectivity index is 1.04. The van der Waals surface area contributed by atoms with Crippen LogP contribution in [0.3, 0.4) is 0 Å². The van der Waals surface area contributed by atoms with Crippen LogP contribution in [-0.2, 0) is 0 Å². The Hall–Kier alpha value is -6.46. The Morgan fingerprint density at radius 1 is 0.852 bits per heavy atom. The second-order valence-corrected chi connectivity index (χ2v) is 14.9. The normalized spacial score (nSPS) is 15.2. The maximum Gasteiger partial charge on any atom is 0.266 e. The van der Waals surface area contributed by atoms with E-state index in [1.165, 1.54) is 11.0 Å². The van der Waals surface area contributed by atoms with E-state index < -0.39 is 34.9 Å². The van der Waals surface area contributed by atoms with Crippen molar-refractivity contribution in [2.45, 2.75) is 31.1 Å². The van der Waals surface area contributed by atoms with Crippen molar-refractivity contribution >= 4 is 68.1 Å². The summed E-state index contributed by atoms with van der Waals surface area (Å²) in [6, 6.07) is 22.1. The number of aromatic nitrogens is 3. The van der Waals surface area contributed by atoms with Crippen LogP contribution in [0.25, 0.3) is 27.2 Å². The average Bonchev–Trinajstić information content (AvgIpc) is 3.86. The molecular formula is C43H30N4O6S. The molecule has 2 aromatic heterocycles. The van der Waals surface area contributed by atoms with Crippen molar-refractivity contribution in [2.75, 3.05) is 10.7 Å². The zero-order valence-electron chi connectivity index (χ0n) is 29.1. The van der Waals surface area contributed by atoms with Crippen LogP contribution in [0.1, 0.15) is 79.0 Å². The lowest BCUT2D eigenvalue weighted by Crippen LogP contribution is -2.30. The summed E-state index contributed by atoms with van der Waals surface area (Å²) in [5.41, 5.74) is 3.15. The van der Waals surface area contributed by atoms with Gasteiger partial charge in [0.1, 0.15) is 17.5 Å².